The zero-order valence-electron chi connectivity index (χ0n) is 9.72. The number of benzene rings is 1. The van der Waals surface area contributed by atoms with Gasteiger partial charge in [-0.25, -0.2) is 4.98 Å². The summed E-state index contributed by atoms with van der Waals surface area (Å²) >= 11 is 3.29. The minimum atomic E-state index is 0.401. The highest BCUT2D eigenvalue weighted by Crippen LogP contribution is 2.22. The topological polar surface area (TPSA) is 58.8 Å². The normalized spacial score (nSPS) is 9.83. The third kappa shape index (κ3) is 3.28. The van der Waals surface area contributed by atoms with Crippen molar-refractivity contribution in [2.24, 2.45) is 0 Å². The van der Waals surface area contributed by atoms with Gasteiger partial charge in [0, 0.05) is 6.07 Å². The summed E-state index contributed by atoms with van der Waals surface area (Å²) < 4.78 is 6.30. The lowest BCUT2D eigenvalue weighted by atomic mass is 10.2. The molecule has 18 heavy (non-hydrogen) atoms. The van der Waals surface area contributed by atoms with Crippen LogP contribution in [-0.2, 0) is 6.42 Å². The highest BCUT2D eigenvalue weighted by Gasteiger charge is 2.02. The molecule has 4 nitrogen and oxygen atoms in total. The molecule has 0 aliphatic rings. The van der Waals surface area contributed by atoms with Crippen LogP contribution in [0.4, 0.5) is 0 Å². The van der Waals surface area contributed by atoms with Gasteiger partial charge in [0.25, 0.3) is 0 Å². The molecule has 0 bridgehead atoms. The van der Waals surface area contributed by atoms with Crippen molar-refractivity contribution in [2.45, 2.75) is 13.3 Å². The number of aryl methyl sites for hydroxylation is 1. The Morgan fingerprint density at radius 3 is 2.61 bits per heavy atom. The van der Waals surface area contributed by atoms with E-state index in [1.54, 1.807) is 13.0 Å². The number of nitrogens with zero attached hydrogens (tertiary/aromatic N) is 3. The Morgan fingerprint density at radius 2 is 2.00 bits per heavy atom. The largest absolute Gasteiger partial charge is 0.439 e. The van der Waals surface area contributed by atoms with Crippen molar-refractivity contribution in [3.63, 3.8) is 0 Å². The molecular weight excluding hydrogens is 294 g/mol. The van der Waals surface area contributed by atoms with Crippen LogP contribution >= 0.6 is 15.9 Å². The second-order valence-corrected chi connectivity index (χ2v) is 4.47. The first-order valence-electron chi connectivity index (χ1n) is 5.32. The van der Waals surface area contributed by atoms with E-state index < -0.39 is 0 Å². The molecule has 5 heteroatoms. The molecule has 0 saturated heterocycles. The summed E-state index contributed by atoms with van der Waals surface area (Å²) in [6.45, 7) is 1.80. The first kappa shape index (κ1) is 12.5. The molecule has 0 saturated carbocycles. The zero-order valence-corrected chi connectivity index (χ0v) is 11.3. The summed E-state index contributed by atoms with van der Waals surface area (Å²) in [5.41, 5.74) is 0.963. The summed E-state index contributed by atoms with van der Waals surface area (Å²) in [5, 5.41) is 8.58. The van der Waals surface area contributed by atoms with Crippen LogP contribution in [0.1, 0.15) is 11.4 Å². The highest BCUT2D eigenvalue weighted by atomic mass is 79.9. The number of hydrogen-bond acceptors (Lipinski definition) is 4. The second-order valence-electron chi connectivity index (χ2n) is 3.66. The average molecular weight is 304 g/mol. The molecule has 0 atom stereocenters. The van der Waals surface area contributed by atoms with E-state index in [1.807, 2.05) is 24.3 Å². The minimum absolute atomic E-state index is 0.401. The summed E-state index contributed by atoms with van der Waals surface area (Å²) in [7, 11) is 0. The summed E-state index contributed by atoms with van der Waals surface area (Å²) in [4.78, 5) is 8.28. The molecule has 1 heterocycles. The van der Waals surface area contributed by atoms with Crippen LogP contribution in [-0.4, -0.2) is 9.97 Å². The van der Waals surface area contributed by atoms with Crippen LogP contribution in [0, 0.1) is 18.3 Å². The van der Waals surface area contributed by atoms with Crippen LogP contribution in [0.3, 0.4) is 0 Å². The van der Waals surface area contributed by atoms with E-state index >= 15 is 0 Å². The number of ether oxygens (including phenoxy) is 1. The van der Waals surface area contributed by atoms with Gasteiger partial charge in [0.05, 0.1) is 12.5 Å². The fraction of sp³-hybridized carbons (Fsp3) is 0.154. The zero-order chi connectivity index (χ0) is 13.0. The fourth-order valence-electron chi connectivity index (χ4n) is 1.45. The standard InChI is InChI=1S/C13H10BrN3O/c1-9-16-12(14)8-13(17-9)18-11-4-2-10(3-5-11)6-7-15/h2-5,8H,6H2,1H3. The third-order valence-corrected chi connectivity index (χ3v) is 2.62. The molecule has 0 aliphatic heterocycles. The van der Waals surface area contributed by atoms with Crippen molar-refractivity contribution in [1.29, 1.82) is 5.26 Å². The summed E-state index contributed by atoms with van der Waals surface area (Å²) in [5.74, 6) is 1.81. The molecule has 0 aliphatic carbocycles. The number of hydrogen-bond donors (Lipinski definition) is 0. The van der Waals surface area contributed by atoms with Gasteiger partial charge in [-0.05, 0) is 40.5 Å². The quantitative estimate of drug-likeness (QED) is 0.815. The second kappa shape index (κ2) is 5.61. The predicted octanol–water partition coefficient (Wildman–Crippen LogP) is 3.41. The Balaban J connectivity index is 2.16. The van der Waals surface area contributed by atoms with Gasteiger partial charge in [-0.2, -0.15) is 10.2 Å². The Bertz CT molecular complexity index is 570. The van der Waals surface area contributed by atoms with Crippen LogP contribution in [0.25, 0.3) is 0 Å². The predicted molar refractivity (Wildman–Crippen MR) is 70.3 cm³/mol. The lowest BCUT2D eigenvalue weighted by Gasteiger charge is -2.06. The molecule has 0 spiro atoms. The lowest BCUT2D eigenvalue weighted by molar-refractivity contribution is 0.459. The molecule has 0 amide bonds. The average Bonchev–Trinajstić information content (AvgIpc) is 2.31. The molecule has 1 aromatic heterocycles. The molecule has 0 N–H and O–H groups in total. The molecule has 90 valence electrons. The summed E-state index contributed by atoms with van der Waals surface area (Å²) in [6, 6.07) is 11.2. The van der Waals surface area contributed by atoms with E-state index in [0.717, 1.165) is 5.56 Å². The Labute approximate surface area is 113 Å². The van der Waals surface area contributed by atoms with Crippen LogP contribution in [0.5, 0.6) is 11.6 Å². The van der Waals surface area contributed by atoms with Crippen molar-refractivity contribution in [2.75, 3.05) is 0 Å². The maximum absolute atomic E-state index is 8.58. The van der Waals surface area contributed by atoms with Crippen LogP contribution in [0.2, 0.25) is 0 Å². The molecule has 1 aromatic carbocycles. The monoisotopic (exact) mass is 303 g/mol. The van der Waals surface area contributed by atoms with Crippen LogP contribution < -0.4 is 4.74 Å². The van der Waals surface area contributed by atoms with Crippen molar-refractivity contribution < 1.29 is 4.74 Å². The van der Waals surface area contributed by atoms with Crippen molar-refractivity contribution >= 4 is 15.9 Å². The Hall–Kier alpha value is -1.93. The molecule has 2 rings (SSSR count). The van der Waals surface area contributed by atoms with Gasteiger partial charge in [0.15, 0.2) is 0 Å². The van der Waals surface area contributed by atoms with E-state index in [1.165, 1.54) is 0 Å². The minimum Gasteiger partial charge on any atom is -0.439 e. The third-order valence-electron chi connectivity index (χ3n) is 2.21. The molecule has 2 aromatic rings. The highest BCUT2D eigenvalue weighted by molar-refractivity contribution is 9.10. The maximum Gasteiger partial charge on any atom is 0.223 e. The van der Waals surface area contributed by atoms with Gasteiger partial charge >= 0.3 is 0 Å². The Morgan fingerprint density at radius 1 is 1.28 bits per heavy atom. The fourth-order valence-corrected chi connectivity index (χ4v) is 1.90. The van der Waals surface area contributed by atoms with E-state index in [-0.39, 0.29) is 0 Å². The smallest absolute Gasteiger partial charge is 0.223 e. The van der Waals surface area contributed by atoms with Crippen LogP contribution in [0.15, 0.2) is 34.9 Å². The number of aromatic nitrogens is 2. The van der Waals surface area contributed by atoms with E-state index in [2.05, 4.69) is 32.0 Å². The van der Waals surface area contributed by atoms with Crippen molar-refractivity contribution in [3.05, 3.63) is 46.3 Å². The number of nitriles is 1. The number of halogens is 1. The molecular formula is C13H10BrN3O. The van der Waals surface area contributed by atoms with E-state index in [4.69, 9.17) is 10.00 Å². The molecule has 0 fully saturated rings. The van der Waals surface area contributed by atoms with Gasteiger partial charge in [0.2, 0.25) is 5.88 Å². The van der Waals surface area contributed by atoms with Gasteiger partial charge in [-0.15, -0.1) is 0 Å². The summed E-state index contributed by atoms with van der Waals surface area (Å²) in [6.07, 6.45) is 0.401. The van der Waals surface area contributed by atoms with Crippen molar-refractivity contribution in [1.82, 2.24) is 9.97 Å². The SMILES string of the molecule is Cc1nc(Br)cc(Oc2ccc(CC#N)cc2)n1. The lowest BCUT2D eigenvalue weighted by Crippen LogP contribution is -1.93. The maximum atomic E-state index is 8.58. The molecule has 0 unspecified atom stereocenters. The number of rotatable bonds is 3. The Kier molecular flexibility index (Phi) is 3.90. The van der Waals surface area contributed by atoms with E-state index in [9.17, 15) is 0 Å². The first-order chi connectivity index (χ1) is 8.67. The van der Waals surface area contributed by atoms with Gasteiger partial charge in [-0.3, -0.25) is 0 Å². The van der Waals surface area contributed by atoms with Gasteiger partial charge in [0.1, 0.15) is 16.2 Å². The molecule has 0 radical (unpaired) electrons. The van der Waals surface area contributed by atoms with Gasteiger partial charge in [-0.1, -0.05) is 12.1 Å². The van der Waals surface area contributed by atoms with Gasteiger partial charge < -0.3 is 4.74 Å². The van der Waals surface area contributed by atoms with Crippen molar-refractivity contribution in [3.8, 4) is 17.7 Å². The van der Waals surface area contributed by atoms with E-state index in [0.29, 0.717) is 28.5 Å². The first-order valence-corrected chi connectivity index (χ1v) is 6.11.